The van der Waals surface area contributed by atoms with Gasteiger partial charge in [-0.1, -0.05) is 30.3 Å². The number of amides is 1. The summed E-state index contributed by atoms with van der Waals surface area (Å²) in [5.41, 5.74) is 1.07. The van der Waals surface area contributed by atoms with E-state index < -0.39 is 6.09 Å². The van der Waals surface area contributed by atoms with E-state index >= 15 is 0 Å². The molecule has 1 heterocycles. The van der Waals surface area contributed by atoms with Crippen molar-refractivity contribution in [1.82, 2.24) is 5.06 Å². The third kappa shape index (κ3) is 1.70. The van der Waals surface area contributed by atoms with Crippen LogP contribution in [0.5, 0.6) is 0 Å². The molecule has 1 unspecified atom stereocenters. The van der Waals surface area contributed by atoms with Gasteiger partial charge < -0.3 is 4.74 Å². The fraction of sp³-hybridized carbons (Fsp3) is 0.300. The van der Waals surface area contributed by atoms with Gasteiger partial charge in [-0.05, 0) is 5.56 Å². The van der Waals surface area contributed by atoms with Crippen molar-refractivity contribution in [2.24, 2.45) is 0 Å². The van der Waals surface area contributed by atoms with Gasteiger partial charge in [0.25, 0.3) is 0 Å². The van der Waals surface area contributed by atoms with Crippen LogP contribution in [0.4, 0.5) is 4.79 Å². The Labute approximate surface area is 81.7 Å². The maximum absolute atomic E-state index is 10.8. The van der Waals surface area contributed by atoms with E-state index in [2.05, 4.69) is 0 Å². The Bertz CT molecular complexity index is 325. The number of cyclic esters (lactones) is 1. The van der Waals surface area contributed by atoms with Crippen molar-refractivity contribution in [2.75, 3.05) is 13.2 Å². The average molecular weight is 193 g/mol. The van der Waals surface area contributed by atoms with Crippen LogP contribution in [0.1, 0.15) is 11.5 Å². The highest BCUT2D eigenvalue weighted by Crippen LogP contribution is 2.20. The van der Waals surface area contributed by atoms with Gasteiger partial charge in [0.15, 0.2) is 0 Å². The summed E-state index contributed by atoms with van der Waals surface area (Å²) in [6.07, 6.45) is -0.669. The second kappa shape index (κ2) is 3.67. The topological polar surface area (TPSA) is 49.8 Å². The van der Waals surface area contributed by atoms with E-state index in [0.29, 0.717) is 18.2 Å². The molecular formula is C10H11NO3. The molecule has 0 aliphatic carbocycles. The minimum atomic E-state index is -0.669. The first-order valence-corrected chi connectivity index (χ1v) is 4.45. The summed E-state index contributed by atoms with van der Waals surface area (Å²) >= 11 is 0. The zero-order valence-corrected chi connectivity index (χ0v) is 7.59. The minimum Gasteiger partial charge on any atom is -0.447 e. The molecule has 0 spiro atoms. The maximum Gasteiger partial charge on any atom is 0.433 e. The predicted octanol–water partition coefficient (Wildman–Crippen LogP) is 1.61. The van der Waals surface area contributed by atoms with E-state index in [1.54, 1.807) is 0 Å². The fourth-order valence-corrected chi connectivity index (χ4v) is 1.51. The molecule has 2 rings (SSSR count). The molecule has 0 aromatic heterocycles. The molecule has 74 valence electrons. The van der Waals surface area contributed by atoms with Crippen LogP contribution in [0, 0.1) is 0 Å². The maximum atomic E-state index is 10.8. The highest BCUT2D eigenvalue weighted by Gasteiger charge is 2.26. The van der Waals surface area contributed by atoms with Crippen molar-refractivity contribution in [3.8, 4) is 0 Å². The highest BCUT2D eigenvalue weighted by molar-refractivity contribution is 5.67. The van der Waals surface area contributed by atoms with Crippen molar-refractivity contribution in [1.29, 1.82) is 0 Å². The third-order valence-corrected chi connectivity index (χ3v) is 2.28. The predicted molar refractivity (Wildman–Crippen MR) is 49.0 cm³/mol. The molecule has 1 aromatic rings. The van der Waals surface area contributed by atoms with E-state index in [1.165, 1.54) is 0 Å². The van der Waals surface area contributed by atoms with Crippen molar-refractivity contribution in [2.45, 2.75) is 5.92 Å². The van der Waals surface area contributed by atoms with Crippen molar-refractivity contribution in [3.05, 3.63) is 35.9 Å². The molecule has 1 aromatic carbocycles. The molecule has 14 heavy (non-hydrogen) atoms. The van der Waals surface area contributed by atoms with E-state index in [1.807, 2.05) is 30.3 Å². The molecule has 1 aliphatic rings. The summed E-state index contributed by atoms with van der Waals surface area (Å²) in [6.45, 7) is 0.628. The Hall–Kier alpha value is -1.55. The van der Waals surface area contributed by atoms with Crippen molar-refractivity contribution < 1.29 is 14.7 Å². The number of carbonyl (C=O) groups excluding carboxylic acids is 1. The van der Waals surface area contributed by atoms with Gasteiger partial charge >= 0.3 is 6.09 Å². The first-order valence-electron chi connectivity index (χ1n) is 4.45. The lowest BCUT2D eigenvalue weighted by Gasteiger charge is -2.27. The van der Waals surface area contributed by atoms with Gasteiger partial charge in [0.05, 0.1) is 6.54 Å². The Morgan fingerprint density at radius 3 is 2.71 bits per heavy atom. The van der Waals surface area contributed by atoms with Gasteiger partial charge in [-0.25, -0.2) is 4.79 Å². The Morgan fingerprint density at radius 1 is 1.36 bits per heavy atom. The van der Waals surface area contributed by atoms with Gasteiger partial charge in [0, 0.05) is 5.92 Å². The summed E-state index contributed by atoms with van der Waals surface area (Å²) in [5.74, 6) is 0.0545. The normalized spacial score (nSPS) is 21.9. The number of benzene rings is 1. The van der Waals surface area contributed by atoms with Crippen LogP contribution in [-0.2, 0) is 4.74 Å². The number of hydroxylamine groups is 2. The smallest absolute Gasteiger partial charge is 0.433 e. The number of rotatable bonds is 1. The average Bonchev–Trinajstić information content (AvgIpc) is 2.23. The van der Waals surface area contributed by atoms with Gasteiger partial charge in [0.1, 0.15) is 6.61 Å². The SMILES string of the molecule is O=C1OCC(c2ccccc2)CN1O. The fourth-order valence-electron chi connectivity index (χ4n) is 1.51. The molecular weight excluding hydrogens is 182 g/mol. The molecule has 1 N–H and O–H groups in total. The molecule has 1 amide bonds. The Balaban J connectivity index is 2.11. The largest absolute Gasteiger partial charge is 0.447 e. The summed E-state index contributed by atoms with van der Waals surface area (Å²) in [7, 11) is 0. The molecule has 1 saturated heterocycles. The lowest BCUT2D eigenvalue weighted by molar-refractivity contribution is -0.102. The minimum absolute atomic E-state index is 0.0545. The zero-order valence-electron chi connectivity index (χ0n) is 7.59. The molecule has 0 saturated carbocycles. The summed E-state index contributed by atoms with van der Waals surface area (Å²) in [4.78, 5) is 10.8. The van der Waals surface area contributed by atoms with Crippen LogP contribution in [0.3, 0.4) is 0 Å². The second-order valence-electron chi connectivity index (χ2n) is 3.27. The van der Waals surface area contributed by atoms with Crippen LogP contribution < -0.4 is 0 Å². The molecule has 1 fully saturated rings. The van der Waals surface area contributed by atoms with Crippen LogP contribution in [0.25, 0.3) is 0 Å². The number of hydrogen-bond donors (Lipinski definition) is 1. The summed E-state index contributed by atoms with van der Waals surface area (Å²) in [6, 6.07) is 9.69. The van der Waals surface area contributed by atoms with Crippen molar-refractivity contribution in [3.63, 3.8) is 0 Å². The summed E-state index contributed by atoms with van der Waals surface area (Å²) in [5, 5.41) is 9.78. The van der Waals surface area contributed by atoms with E-state index in [-0.39, 0.29) is 5.92 Å². The van der Waals surface area contributed by atoms with Gasteiger partial charge in [-0.3, -0.25) is 5.21 Å². The van der Waals surface area contributed by atoms with Crippen LogP contribution >= 0.6 is 0 Å². The van der Waals surface area contributed by atoms with Gasteiger partial charge in [-0.15, -0.1) is 0 Å². The lowest BCUT2D eigenvalue weighted by Crippen LogP contribution is -2.39. The molecule has 4 heteroatoms. The van der Waals surface area contributed by atoms with Crippen LogP contribution in [-0.4, -0.2) is 29.5 Å². The van der Waals surface area contributed by atoms with Crippen molar-refractivity contribution >= 4 is 6.09 Å². The first-order chi connectivity index (χ1) is 6.77. The van der Waals surface area contributed by atoms with Gasteiger partial charge in [-0.2, -0.15) is 5.06 Å². The van der Waals surface area contributed by atoms with Crippen LogP contribution in [0.15, 0.2) is 30.3 Å². The zero-order chi connectivity index (χ0) is 9.97. The Morgan fingerprint density at radius 2 is 2.07 bits per heavy atom. The van der Waals surface area contributed by atoms with E-state index in [9.17, 15) is 4.79 Å². The molecule has 1 atom stereocenters. The first kappa shape index (κ1) is 9.02. The molecule has 0 bridgehead atoms. The number of hydrogen-bond acceptors (Lipinski definition) is 3. The van der Waals surface area contributed by atoms with E-state index in [0.717, 1.165) is 5.56 Å². The highest BCUT2D eigenvalue weighted by atomic mass is 16.6. The molecule has 1 aliphatic heterocycles. The van der Waals surface area contributed by atoms with E-state index in [4.69, 9.17) is 9.94 Å². The quantitative estimate of drug-likeness (QED) is 0.689. The molecule has 0 radical (unpaired) electrons. The van der Waals surface area contributed by atoms with Gasteiger partial charge in [0.2, 0.25) is 0 Å². The standard InChI is InChI=1S/C10H11NO3/c12-10-11(13)6-9(7-14-10)8-4-2-1-3-5-8/h1-5,9,13H,6-7H2. The number of ether oxygens (including phenoxy) is 1. The molecule has 4 nitrogen and oxygen atoms in total. The lowest BCUT2D eigenvalue weighted by atomic mass is 9.99. The van der Waals surface area contributed by atoms with Crippen LogP contribution in [0.2, 0.25) is 0 Å². The number of carbonyl (C=O) groups is 1. The summed E-state index contributed by atoms with van der Waals surface area (Å²) < 4.78 is 4.79. The third-order valence-electron chi connectivity index (χ3n) is 2.28. The Kier molecular flexibility index (Phi) is 2.37. The number of nitrogens with zero attached hydrogens (tertiary/aromatic N) is 1. The monoisotopic (exact) mass is 193 g/mol. The second-order valence-corrected chi connectivity index (χ2v) is 3.27.